The molecule has 0 aromatic heterocycles. The molecule has 0 radical (unpaired) electrons. The molecule has 0 aliphatic carbocycles. The van der Waals surface area contributed by atoms with Gasteiger partial charge in [-0.25, -0.2) is 0 Å². The lowest BCUT2D eigenvalue weighted by Gasteiger charge is -2.31. The second-order valence-electron chi connectivity index (χ2n) is 6.63. The number of halogens is 2. The van der Waals surface area contributed by atoms with Crippen LogP contribution in [0.3, 0.4) is 0 Å². The van der Waals surface area contributed by atoms with E-state index in [1.165, 1.54) is 0 Å². The van der Waals surface area contributed by atoms with Crippen LogP contribution in [0.2, 0.25) is 10.0 Å². The molecule has 2 aliphatic rings. The number of nitrogens with zero attached hydrogens (tertiary/aromatic N) is 2. The minimum absolute atomic E-state index is 0.160. The molecule has 1 aromatic carbocycles. The average Bonchev–Trinajstić information content (AvgIpc) is 2.64. The minimum Gasteiger partial charge on any atom is -0.402 e. The van der Waals surface area contributed by atoms with Crippen molar-refractivity contribution in [1.82, 2.24) is 4.90 Å². The van der Waals surface area contributed by atoms with E-state index in [0.717, 1.165) is 11.1 Å². The highest BCUT2D eigenvalue weighted by Crippen LogP contribution is 2.26. The molecule has 0 atom stereocenters. The normalized spacial score (nSPS) is 19.9. The van der Waals surface area contributed by atoms with Crippen LogP contribution in [0.1, 0.15) is 30.1 Å². The number of nitrogens with one attached hydrogen (secondary N) is 1. The Morgan fingerprint density at radius 2 is 2.00 bits per heavy atom. The number of hydrogen-bond donors (Lipinski definition) is 3. The summed E-state index contributed by atoms with van der Waals surface area (Å²) in [7, 11) is 0. The molecule has 0 spiro atoms. The zero-order valence-corrected chi connectivity index (χ0v) is 16.5. The van der Waals surface area contributed by atoms with Gasteiger partial charge in [-0.1, -0.05) is 23.2 Å². The van der Waals surface area contributed by atoms with Crippen LogP contribution in [0.15, 0.2) is 45.7 Å². The van der Waals surface area contributed by atoms with Crippen molar-refractivity contribution in [2.75, 3.05) is 19.6 Å². The number of allylic oxidation sites excluding steroid dienone is 1. The Morgan fingerprint density at radius 3 is 2.67 bits per heavy atom. The zero-order chi connectivity index (χ0) is 19.7. The monoisotopic (exact) mass is 405 g/mol. The van der Waals surface area contributed by atoms with E-state index in [1.54, 1.807) is 30.0 Å². The zero-order valence-electron chi connectivity index (χ0n) is 15.0. The van der Waals surface area contributed by atoms with E-state index in [2.05, 4.69) is 4.99 Å². The largest absolute Gasteiger partial charge is 0.402 e. The number of hydrogen-bond acceptors (Lipinski definition) is 5. The maximum absolute atomic E-state index is 12.9. The Hall–Kier alpha value is -2.31. The summed E-state index contributed by atoms with van der Waals surface area (Å²) in [6.45, 7) is 3.13. The Morgan fingerprint density at radius 1 is 1.26 bits per heavy atom. The van der Waals surface area contributed by atoms with Crippen molar-refractivity contribution in [3.8, 4) is 0 Å². The third-order valence-corrected chi connectivity index (χ3v) is 5.51. The van der Waals surface area contributed by atoms with E-state index in [0.29, 0.717) is 70.9 Å². The number of carbonyl (C=O) groups excluding carboxylic acids is 1. The van der Waals surface area contributed by atoms with Crippen molar-refractivity contribution >= 4 is 40.5 Å². The Balaban J connectivity index is 1.87. The van der Waals surface area contributed by atoms with Crippen molar-refractivity contribution in [2.45, 2.75) is 19.8 Å². The van der Waals surface area contributed by atoms with Gasteiger partial charge in [0.2, 0.25) is 0 Å². The van der Waals surface area contributed by atoms with Crippen LogP contribution in [0.4, 0.5) is 0 Å². The van der Waals surface area contributed by atoms with Crippen molar-refractivity contribution in [2.24, 2.45) is 16.5 Å². The summed E-state index contributed by atoms with van der Waals surface area (Å²) in [6.07, 6.45) is 1.17. The lowest BCUT2D eigenvalue weighted by atomic mass is 9.90. The van der Waals surface area contributed by atoms with Crippen LogP contribution >= 0.6 is 23.2 Å². The molecule has 27 heavy (non-hydrogen) atoms. The van der Waals surface area contributed by atoms with Gasteiger partial charge in [-0.15, -0.1) is 0 Å². The molecule has 0 unspecified atom stereocenters. The summed E-state index contributed by atoms with van der Waals surface area (Å²) >= 11 is 12.0. The van der Waals surface area contributed by atoms with Gasteiger partial charge >= 0.3 is 0 Å². The van der Waals surface area contributed by atoms with Crippen LogP contribution < -0.4 is 11.5 Å². The van der Waals surface area contributed by atoms with Gasteiger partial charge in [0.05, 0.1) is 21.5 Å². The fraction of sp³-hybridized carbons (Fsp3) is 0.316. The van der Waals surface area contributed by atoms with Crippen LogP contribution in [0.5, 0.6) is 0 Å². The minimum atomic E-state index is -0.160. The molecular weight excluding hydrogens is 385 g/mol. The molecule has 0 saturated carbocycles. The molecule has 8 heteroatoms. The highest BCUT2D eigenvalue weighted by molar-refractivity contribution is 6.53. The van der Waals surface area contributed by atoms with Gasteiger partial charge in [0.25, 0.3) is 5.91 Å². The van der Waals surface area contributed by atoms with Crippen molar-refractivity contribution in [1.29, 1.82) is 5.41 Å². The first-order valence-electron chi connectivity index (χ1n) is 8.60. The van der Waals surface area contributed by atoms with E-state index in [4.69, 9.17) is 40.1 Å². The number of rotatable bonds is 2. The van der Waals surface area contributed by atoms with Crippen LogP contribution in [-0.2, 0) is 0 Å². The van der Waals surface area contributed by atoms with Gasteiger partial charge in [-0.2, -0.15) is 0 Å². The second-order valence-corrected chi connectivity index (χ2v) is 7.44. The quantitative estimate of drug-likeness (QED) is 0.702. The smallest absolute Gasteiger partial charge is 0.254 e. The molecule has 1 amide bonds. The predicted octanol–water partition coefficient (Wildman–Crippen LogP) is 3.15. The molecule has 0 saturated heterocycles. The fourth-order valence-electron chi connectivity index (χ4n) is 3.26. The maximum atomic E-state index is 12.9. The Kier molecular flexibility index (Phi) is 5.58. The summed E-state index contributed by atoms with van der Waals surface area (Å²) in [4.78, 5) is 19.1. The summed E-state index contributed by atoms with van der Waals surface area (Å²) in [5.41, 5.74) is 16.2. The van der Waals surface area contributed by atoms with E-state index in [1.807, 2.05) is 0 Å². The van der Waals surface area contributed by atoms with E-state index in [-0.39, 0.29) is 5.91 Å². The summed E-state index contributed by atoms with van der Waals surface area (Å²) < 4.78 is 0. The molecular formula is C19H21Cl2N5O. The SMILES string of the molecule is C/C(N)=C1\CCN=C(C2=C(N)CCN(C(=O)c3ccc(Cl)c(Cl)c3)C2)C1=N. The number of aliphatic imine (C=N–C) groups is 1. The molecule has 2 aliphatic heterocycles. The van der Waals surface area contributed by atoms with E-state index >= 15 is 0 Å². The number of amides is 1. The highest BCUT2D eigenvalue weighted by atomic mass is 35.5. The van der Waals surface area contributed by atoms with Crippen LogP contribution in [0, 0.1) is 5.41 Å². The van der Waals surface area contributed by atoms with E-state index in [9.17, 15) is 4.79 Å². The molecule has 142 valence electrons. The predicted molar refractivity (Wildman–Crippen MR) is 110 cm³/mol. The molecule has 0 fully saturated rings. The second kappa shape index (κ2) is 7.74. The van der Waals surface area contributed by atoms with Gasteiger partial charge in [0.15, 0.2) is 0 Å². The molecule has 5 N–H and O–H groups in total. The maximum Gasteiger partial charge on any atom is 0.254 e. The van der Waals surface area contributed by atoms with Crippen molar-refractivity contribution in [3.05, 3.63) is 56.3 Å². The topological polar surface area (TPSA) is 109 Å². The van der Waals surface area contributed by atoms with Crippen molar-refractivity contribution in [3.63, 3.8) is 0 Å². The third-order valence-electron chi connectivity index (χ3n) is 4.77. The van der Waals surface area contributed by atoms with Gasteiger partial charge < -0.3 is 16.4 Å². The average molecular weight is 406 g/mol. The van der Waals surface area contributed by atoms with Crippen LogP contribution in [0.25, 0.3) is 0 Å². The van der Waals surface area contributed by atoms with E-state index < -0.39 is 0 Å². The molecule has 1 aromatic rings. The lowest BCUT2D eigenvalue weighted by molar-refractivity contribution is 0.0766. The summed E-state index contributed by atoms with van der Waals surface area (Å²) in [6, 6.07) is 4.82. The highest BCUT2D eigenvalue weighted by Gasteiger charge is 2.29. The van der Waals surface area contributed by atoms with Gasteiger partial charge in [-0.3, -0.25) is 15.2 Å². The third kappa shape index (κ3) is 3.87. The standard InChI is InChI=1S/C19H21Cl2N5O/c1-10(22)12-4-6-25-18(17(12)24)13-9-26(7-5-16(13)23)19(27)11-2-3-14(20)15(21)8-11/h2-3,8,24H,4-7,9,22-23H2,1H3/b12-10-,24-17?. The summed E-state index contributed by atoms with van der Waals surface area (Å²) in [5.74, 6) is -0.160. The molecule has 2 heterocycles. The first-order chi connectivity index (χ1) is 12.8. The Bertz CT molecular complexity index is 913. The lowest BCUT2D eigenvalue weighted by Crippen LogP contribution is -2.42. The van der Waals surface area contributed by atoms with Crippen molar-refractivity contribution < 1.29 is 4.79 Å². The fourth-order valence-corrected chi connectivity index (χ4v) is 3.56. The molecule has 6 nitrogen and oxygen atoms in total. The van der Waals surface area contributed by atoms with Crippen LogP contribution in [-0.4, -0.2) is 41.9 Å². The Labute approximate surface area is 168 Å². The van der Waals surface area contributed by atoms with Gasteiger partial charge in [0, 0.05) is 48.6 Å². The number of nitrogens with two attached hydrogens (primary N) is 2. The number of carbonyl (C=O) groups is 1. The molecule has 3 rings (SSSR count). The summed E-state index contributed by atoms with van der Waals surface area (Å²) in [5, 5.41) is 9.19. The van der Waals surface area contributed by atoms with Gasteiger partial charge in [0.1, 0.15) is 0 Å². The first-order valence-corrected chi connectivity index (χ1v) is 9.36. The first kappa shape index (κ1) is 19.5. The number of benzene rings is 1. The van der Waals surface area contributed by atoms with Gasteiger partial charge in [-0.05, 0) is 37.1 Å². The molecule has 0 bridgehead atoms.